The van der Waals surface area contributed by atoms with E-state index in [9.17, 15) is 4.39 Å². The monoisotopic (exact) mass is 200 g/mol. The highest BCUT2D eigenvalue weighted by molar-refractivity contribution is 5.40. The van der Waals surface area contributed by atoms with Crippen LogP contribution >= 0.6 is 0 Å². The number of aromatic nitrogens is 2. The van der Waals surface area contributed by atoms with Crippen LogP contribution in [0, 0.1) is 5.82 Å². The van der Waals surface area contributed by atoms with E-state index < -0.39 is 5.82 Å². The second-order valence-electron chi connectivity index (χ2n) is 2.64. The standard InChI is InChI=1S/C8H13FN4O/c1-10-8-12-5-6(9)7(13-8)11-3-2-4-14/h5,14H,2-4H2,1H3,(H2,10,11,12,13). The van der Waals surface area contributed by atoms with Crippen LogP contribution in [-0.4, -0.2) is 35.3 Å². The summed E-state index contributed by atoms with van der Waals surface area (Å²) in [5.41, 5.74) is 0. The van der Waals surface area contributed by atoms with Crippen LogP contribution in [0.2, 0.25) is 0 Å². The maximum absolute atomic E-state index is 13.1. The number of hydrogen-bond acceptors (Lipinski definition) is 5. The van der Waals surface area contributed by atoms with Crippen molar-refractivity contribution in [1.82, 2.24) is 9.97 Å². The lowest BCUT2D eigenvalue weighted by Gasteiger charge is -2.06. The van der Waals surface area contributed by atoms with Gasteiger partial charge in [0.25, 0.3) is 0 Å². The fourth-order valence-electron chi connectivity index (χ4n) is 0.897. The molecule has 0 unspecified atom stereocenters. The molecule has 1 heterocycles. The molecule has 0 fully saturated rings. The van der Waals surface area contributed by atoms with E-state index >= 15 is 0 Å². The lowest BCUT2D eigenvalue weighted by Crippen LogP contribution is -2.09. The van der Waals surface area contributed by atoms with Gasteiger partial charge >= 0.3 is 0 Å². The molecule has 5 nitrogen and oxygen atoms in total. The van der Waals surface area contributed by atoms with Gasteiger partial charge in [-0.25, -0.2) is 9.37 Å². The predicted octanol–water partition coefficient (Wildman–Crippen LogP) is 0.452. The molecular formula is C8H13FN4O. The van der Waals surface area contributed by atoms with Gasteiger partial charge in [-0.2, -0.15) is 4.98 Å². The van der Waals surface area contributed by atoms with E-state index in [0.29, 0.717) is 18.9 Å². The summed E-state index contributed by atoms with van der Waals surface area (Å²) in [6.45, 7) is 0.548. The number of anilines is 2. The smallest absolute Gasteiger partial charge is 0.224 e. The summed E-state index contributed by atoms with van der Waals surface area (Å²) < 4.78 is 13.1. The molecule has 0 spiro atoms. The van der Waals surface area contributed by atoms with Gasteiger partial charge in [-0.3, -0.25) is 0 Å². The van der Waals surface area contributed by atoms with Crippen molar-refractivity contribution in [3.8, 4) is 0 Å². The van der Waals surface area contributed by atoms with Crippen molar-refractivity contribution in [2.45, 2.75) is 6.42 Å². The van der Waals surface area contributed by atoms with Crippen LogP contribution in [0.1, 0.15) is 6.42 Å². The van der Waals surface area contributed by atoms with Gasteiger partial charge in [0.15, 0.2) is 11.6 Å². The maximum Gasteiger partial charge on any atom is 0.224 e. The second-order valence-corrected chi connectivity index (χ2v) is 2.64. The minimum absolute atomic E-state index is 0.0680. The third-order valence-corrected chi connectivity index (χ3v) is 1.60. The zero-order chi connectivity index (χ0) is 10.4. The minimum atomic E-state index is -0.498. The molecule has 0 aliphatic carbocycles. The zero-order valence-corrected chi connectivity index (χ0v) is 7.92. The highest BCUT2D eigenvalue weighted by atomic mass is 19.1. The average Bonchev–Trinajstić information content (AvgIpc) is 2.21. The Morgan fingerprint density at radius 2 is 2.36 bits per heavy atom. The van der Waals surface area contributed by atoms with Gasteiger partial charge < -0.3 is 15.7 Å². The van der Waals surface area contributed by atoms with Gasteiger partial charge in [0.1, 0.15) is 0 Å². The predicted molar refractivity (Wildman–Crippen MR) is 51.7 cm³/mol. The Morgan fingerprint density at radius 1 is 1.57 bits per heavy atom. The molecule has 0 saturated carbocycles. The Bertz CT molecular complexity index is 295. The number of rotatable bonds is 5. The molecule has 0 radical (unpaired) electrons. The highest BCUT2D eigenvalue weighted by Gasteiger charge is 2.04. The van der Waals surface area contributed by atoms with E-state index in [-0.39, 0.29) is 12.4 Å². The third kappa shape index (κ3) is 2.81. The molecule has 1 aromatic heterocycles. The van der Waals surface area contributed by atoms with Gasteiger partial charge in [0.2, 0.25) is 5.95 Å². The lowest BCUT2D eigenvalue weighted by molar-refractivity contribution is 0.292. The molecule has 0 aliphatic rings. The largest absolute Gasteiger partial charge is 0.396 e. The molecule has 0 bridgehead atoms. The van der Waals surface area contributed by atoms with E-state index in [4.69, 9.17) is 5.11 Å². The Hall–Kier alpha value is -1.43. The van der Waals surface area contributed by atoms with Crippen molar-refractivity contribution >= 4 is 11.8 Å². The molecule has 3 N–H and O–H groups in total. The molecule has 14 heavy (non-hydrogen) atoms. The summed E-state index contributed by atoms with van der Waals surface area (Å²) in [5, 5.41) is 14.0. The highest BCUT2D eigenvalue weighted by Crippen LogP contribution is 2.10. The molecule has 0 aromatic carbocycles. The first kappa shape index (κ1) is 10.6. The number of aliphatic hydroxyl groups is 1. The first-order valence-electron chi connectivity index (χ1n) is 4.33. The Balaban J connectivity index is 2.64. The molecular weight excluding hydrogens is 187 g/mol. The number of hydrogen-bond donors (Lipinski definition) is 3. The summed E-state index contributed by atoms with van der Waals surface area (Å²) in [4.78, 5) is 7.57. The zero-order valence-electron chi connectivity index (χ0n) is 7.92. The van der Waals surface area contributed by atoms with Gasteiger partial charge in [-0.1, -0.05) is 0 Å². The summed E-state index contributed by atoms with van der Waals surface area (Å²) >= 11 is 0. The quantitative estimate of drug-likeness (QED) is 0.602. The summed E-state index contributed by atoms with van der Waals surface area (Å²) in [6, 6.07) is 0. The van der Waals surface area contributed by atoms with Gasteiger partial charge in [-0.05, 0) is 6.42 Å². The summed E-state index contributed by atoms with van der Waals surface area (Å²) in [7, 11) is 1.66. The molecule has 1 rings (SSSR count). The average molecular weight is 200 g/mol. The molecule has 78 valence electrons. The maximum atomic E-state index is 13.1. The van der Waals surface area contributed by atoms with Crippen molar-refractivity contribution in [2.24, 2.45) is 0 Å². The fraction of sp³-hybridized carbons (Fsp3) is 0.500. The Labute approximate surface area is 81.4 Å². The van der Waals surface area contributed by atoms with Crippen LogP contribution in [-0.2, 0) is 0 Å². The van der Waals surface area contributed by atoms with Crippen molar-refractivity contribution in [1.29, 1.82) is 0 Å². The Kier molecular flexibility index (Phi) is 4.06. The second kappa shape index (κ2) is 5.33. The Morgan fingerprint density at radius 3 is 3.00 bits per heavy atom. The van der Waals surface area contributed by atoms with Crippen LogP contribution in [0.15, 0.2) is 6.20 Å². The minimum Gasteiger partial charge on any atom is -0.396 e. The number of nitrogens with zero attached hydrogens (tertiary/aromatic N) is 2. The van der Waals surface area contributed by atoms with Gasteiger partial charge in [0, 0.05) is 20.2 Å². The van der Waals surface area contributed by atoms with Crippen LogP contribution in [0.25, 0.3) is 0 Å². The van der Waals surface area contributed by atoms with Crippen molar-refractivity contribution < 1.29 is 9.50 Å². The fourth-order valence-corrected chi connectivity index (χ4v) is 0.897. The number of nitrogens with one attached hydrogen (secondary N) is 2. The van der Waals surface area contributed by atoms with E-state index in [1.165, 1.54) is 0 Å². The number of halogens is 1. The molecule has 6 heteroatoms. The van der Waals surface area contributed by atoms with Crippen molar-refractivity contribution in [3.63, 3.8) is 0 Å². The first-order chi connectivity index (χ1) is 6.77. The van der Waals surface area contributed by atoms with E-state index in [0.717, 1.165) is 6.20 Å². The molecule has 0 atom stereocenters. The SMILES string of the molecule is CNc1ncc(F)c(NCCCO)n1. The van der Waals surface area contributed by atoms with Crippen molar-refractivity contribution in [3.05, 3.63) is 12.0 Å². The normalized spacial score (nSPS) is 9.93. The van der Waals surface area contributed by atoms with E-state index in [1.54, 1.807) is 7.05 Å². The van der Waals surface area contributed by atoms with Gasteiger partial charge in [0.05, 0.1) is 6.20 Å². The van der Waals surface area contributed by atoms with Crippen LogP contribution in [0.3, 0.4) is 0 Å². The molecule has 1 aromatic rings. The van der Waals surface area contributed by atoms with E-state index in [1.807, 2.05) is 0 Å². The van der Waals surface area contributed by atoms with Gasteiger partial charge in [-0.15, -0.1) is 0 Å². The van der Waals surface area contributed by atoms with Crippen LogP contribution in [0.5, 0.6) is 0 Å². The summed E-state index contributed by atoms with van der Waals surface area (Å²) in [6.07, 6.45) is 1.65. The molecule has 0 aliphatic heterocycles. The molecule has 0 saturated heterocycles. The first-order valence-corrected chi connectivity index (χ1v) is 4.33. The number of aliphatic hydroxyl groups excluding tert-OH is 1. The lowest BCUT2D eigenvalue weighted by atomic mass is 10.4. The summed E-state index contributed by atoms with van der Waals surface area (Å²) in [5.74, 6) is 0.0117. The van der Waals surface area contributed by atoms with Crippen LogP contribution in [0.4, 0.5) is 16.2 Å². The third-order valence-electron chi connectivity index (χ3n) is 1.60. The van der Waals surface area contributed by atoms with Crippen LogP contribution < -0.4 is 10.6 Å². The molecule has 0 amide bonds. The van der Waals surface area contributed by atoms with E-state index in [2.05, 4.69) is 20.6 Å². The topological polar surface area (TPSA) is 70.1 Å². The van der Waals surface area contributed by atoms with Crippen molar-refractivity contribution in [2.75, 3.05) is 30.8 Å².